The predicted molar refractivity (Wildman–Crippen MR) is 97.5 cm³/mol. The lowest BCUT2D eigenvalue weighted by Crippen LogP contribution is -2.08. The lowest BCUT2D eigenvalue weighted by atomic mass is 10.1. The SMILES string of the molecule is O=c1cc(Cn2nnc(-c3cccc(C(F)(F)F)c3)n2)c2ccc(Br)cc2o1. The molecule has 0 amide bonds. The third-order valence-corrected chi connectivity index (χ3v) is 4.50. The minimum atomic E-state index is -4.46. The number of aromatic nitrogens is 4. The molecule has 2 aromatic heterocycles. The highest BCUT2D eigenvalue weighted by Crippen LogP contribution is 2.31. The average molecular weight is 451 g/mol. The third-order valence-electron chi connectivity index (χ3n) is 4.00. The van der Waals surface area contributed by atoms with E-state index >= 15 is 0 Å². The molecular formula is C18H10BrF3N4O2. The summed E-state index contributed by atoms with van der Waals surface area (Å²) >= 11 is 3.32. The van der Waals surface area contributed by atoms with Crippen LogP contribution in [0.1, 0.15) is 11.1 Å². The van der Waals surface area contributed by atoms with E-state index in [0.29, 0.717) is 16.5 Å². The van der Waals surface area contributed by atoms with Crippen molar-refractivity contribution in [3.8, 4) is 11.4 Å². The quantitative estimate of drug-likeness (QED) is 0.435. The maximum absolute atomic E-state index is 12.9. The van der Waals surface area contributed by atoms with Crippen molar-refractivity contribution in [3.63, 3.8) is 0 Å². The van der Waals surface area contributed by atoms with Crippen molar-refractivity contribution in [2.45, 2.75) is 12.7 Å². The number of alkyl halides is 3. The van der Waals surface area contributed by atoms with Gasteiger partial charge in [0.05, 0.1) is 12.1 Å². The van der Waals surface area contributed by atoms with Gasteiger partial charge in [0.1, 0.15) is 5.58 Å². The summed E-state index contributed by atoms with van der Waals surface area (Å²) in [6.45, 7) is 0.107. The Hall–Kier alpha value is -3.01. The van der Waals surface area contributed by atoms with Crippen LogP contribution in [0.3, 0.4) is 0 Å². The molecule has 28 heavy (non-hydrogen) atoms. The molecule has 2 heterocycles. The van der Waals surface area contributed by atoms with Crippen molar-refractivity contribution < 1.29 is 17.6 Å². The summed E-state index contributed by atoms with van der Waals surface area (Å²) < 4.78 is 44.6. The smallest absolute Gasteiger partial charge is 0.416 e. The molecule has 142 valence electrons. The summed E-state index contributed by atoms with van der Waals surface area (Å²) in [5.74, 6) is 0.0566. The largest absolute Gasteiger partial charge is 0.423 e. The van der Waals surface area contributed by atoms with Crippen molar-refractivity contribution in [1.29, 1.82) is 0 Å². The van der Waals surface area contributed by atoms with Crippen LogP contribution in [0, 0.1) is 0 Å². The van der Waals surface area contributed by atoms with Crippen molar-refractivity contribution in [2.24, 2.45) is 0 Å². The van der Waals surface area contributed by atoms with Crippen LogP contribution in [0.5, 0.6) is 0 Å². The first-order valence-electron chi connectivity index (χ1n) is 7.97. The Bertz CT molecular complexity index is 1230. The van der Waals surface area contributed by atoms with Crippen LogP contribution in [0.4, 0.5) is 13.2 Å². The fourth-order valence-corrected chi connectivity index (χ4v) is 3.09. The van der Waals surface area contributed by atoms with Gasteiger partial charge in [0, 0.05) is 21.5 Å². The zero-order chi connectivity index (χ0) is 19.9. The maximum atomic E-state index is 12.9. The van der Waals surface area contributed by atoms with Crippen molar-refractivity contribution in [3.05, 3.63) is 74.6 Å². The Labute approximate surface area is 163 Å². The van der Waals surface area contributed by atoms with E-state index in [9.17, 15) is 18.0 Å². The van der Waals surface area contributed by atoms with E-state index in [1.54, 1.807) is 18.2 Å². The van der Waals surface area contributed by atoms with Crippen LogP contribution >= 0.6 is 15.9 Å². The number of hydrogen-bond acceptors (Lipinski definition) is 5. The number of rotatable bonds is 3. The van der Waals surface area contributed by atoms with Crippen molar-refractivity contribution >= 4 is 26.9 Å². The molecule has 0 aliphatic rings. The second kappa shape index (κ2) is 6.86. The van der Waals surface area contributed by atoms with Gasteiger partial charge in [-0.2, -0.15) is 18.0 Å². The highest BCUT2D eigenvalue weighted by atomic mass is 79.9. The second-order valence-electron chi connectivity index (χ2n) is 5.95. The number of benzene rings is 2. The molecule has 10 heteroatoms. The molecule has 4 aromatic rings. The average Bonchev–Trinajstić information content (AvgIpc) is 3.09. The minimum Gasteiger partial charge on any atom is -0.423 e. The number of hydrogen-bond donors (Lipinski definition) is 0. The van der Waals surface area contributed by atoms with Crippen LogP contribution in [0.15, 0.2) is 62.2 Å². The molecular weight excluding hydrogens is 441 g/mol. The molecule has 0 atom stereocenters. The van der Waals surface area contributed by atoms with Gasteiger partial charge < -0.3 is 4.42 Å². The van der Waals surface area contributed by atoms with E-state index in [1.807, 2.05) is 0 Å². The van der Waals surface area contributed by atoms with Crippen LogP contribution in [0.25, 0.3) is 22.4 Å². The van der Waals surface area contributed by atoms with E-state index in [1.165, 1.54) is 23.0 Å². The number of nitrogens with zero attached hydrogens (tertiary/aromatic N) is 4. The van der Waals surface area contributed by atoms with Gasteiger partial charge >= 0.3 is 11.8 Å². The summed E-state index contributed by atoms with van der Waals surface area (Å²) in [7, 11) is 0. The van der Waals surface area contributed by atoms with Gasteiger partial charge in [0.25, 0.3) is 0 Å². The van der Waals surface area contributed by atoms with E-state index in [-0.39, 0.29) is 17.9 Å². The van der Waals surface area contributed by atoms with Crippen molar-refractivity contribution in [1.82, 2.24) is 20.2 Å². The summed E-state index contributed by atoms with van der Waals surface area (Å²) in [6, 6.07) is 11.3. The Kier molecular flexibility index (Phi) is 4.50. The zero-order valence-electron chi connectivity index (χ0n) is 13.9. The normalized spacial score (nSPS) is 11.9. The zero-order valence-corrected chi connectivity index (χ0v) is 15.5. The Morgan fingerprint density at radius 3 is 2.71 bits per heavy atom. The second-order valence-corrected chi connectivity index (χ2v) is 6.87. The van der Waals surface area contributed by atoms with E-state index in [0.717, 1.165) is 16.6 Å². The topological polar surface area (TPSA) is 73.8 Å². The van der Waals surface area contributed by atoms with E-state index < -0.39 is 17.4 Å². The van der Waals surface area contributed by atoms with Gasteiger partial charge in [-0.15, -0.1) is 10.2 Å². The number of fused-ring (bicyclic) bond motifs is 1. The predicted octanol–water partition coefficient (Wildman–Crippen LogP) is 4.28. The monoisotopic (exact) mass is 450 g/mol. The first-order valence-corrected chi connectivity index (χ1v) is 8.77. The molecule has 0 aliphatic heterocycles. The fraction of sp³-hybridized carbons (Fsp3) is 0.111. The first kappa shape index (κ1) is 18.4. The lowest BCUT2D eigenvalue weighted by molar-refractivity contribution is -0.137. The third kappa shape index (κ3) is 3.68. The minimum absolute atomic E-state index is 0.0566. The molecule has 0 fully saturated rings. The van der Waals surface area contributed by atoms with Crippen molar-refractivity contribution in [2.75, 3.05) is 0 Å². The maximum Gasteiger partial charge on any atom is 0.416 e. The van der Waals surface area contributed by atoms with Gasteiger partial charge in [-0.05, 0) is 41.1 Å². The highest BCUT2D eigenvalue weighted by molar-refractivity contribution is 9.10. The van der Waals surface area contributed by atoms with Gasteiger partial charge in [0.15, 0.2) is 0 Å². The molecule has 0 saturated carbocycles. The van der Waals surface area contributed by atoms with Crippen LogP contribution in [0.2, 0.25) is 0 Å². The standard InChI is InChI=1S/C18H10BrF3N4O2/c19-13-4-5-14-11(7-16(27)28-15(14)8-13)9-26-24-17(23-25-26)10-2-1-3-12(6-10)18(20,21)22/h1-8H,9H2. The van der Waals surface area contributed by atoms with E-state index in [4.69, 9.17) is 4.42 Å². The molecule has 0 spiro atoms. The molecule has 0 saturated heterocycles. The van der Waals surface area contributed by atoms with Crippen LogP contribution in [-0.2, 0) is 12.7 Å². The summed E-state index contributed by atoms with van der Waals surface area (Å²) in [5, 5.41) is 12.5. The highest BCUT2D eigenvalue weighted by Gasteiger charge is 2.30. The Morgan fingerprint density at radius 1 is 1.11 bits per heavy atom. The number of halogens is 4. The molecule has 0 N–H and O–H groups in total. The van der Waals surface area contributed by atoms with Gasteiger partial charge in [-0.3, -0.25) is 0 Å². The Balaban J connectivity index is 1.68. The molecule has 0 bridgehead atoms. The summed E-state index contributed by atoms with van der Waals surface area (Å²) in [6.07, 6.45) is -4.46. The molecule has 0 radical (unpaired) electrons. The molecule has 4 rings (SSSR count). The van der Waals surface area contributed by atoms with Crippen LogP contribution in [-0.4, -0.2) is 20.2 Å². The fourth-order valence-electron chi connectivity index (χ4n) is 2.75. The summed E-state index contributed by atoms with van der Waals surface area (Å²) in [5.41, 5.74) is -0.123. The van der Waals surface area contributed by atoms with Gasteiger partial charge in [-0.1, -0.05) is 28.1 Å². The lowest BCUT2D eigenvalue weighted by Gasteiger charge is -2.06. The van der Waals surface area contributed by atoms with Gasteiger partial charge in [0.2, 0.25) is 5.82 Å². The first-order chi connectivity index (χ1) is 13.3. The van der Waals surface area contributed by atoms with Gasteiger partial charge in [-0.25, -0.2) is 4.79 Å². The molecule has 6 nitrogen and oxygen atoms in total. The molecule has 0 unspecified atom stereocenters. The molecule has 0 aliphatic carbocycles. The number of tetrazole rings is 1. The van der Waals surface area contributed by atoms with E-state index in [2.05, 4.69) is 31.3 Å². The summed E-state index contributed by atoms with van der Waals surface area (Å²) in [4.78, 5) is 13.0. The Morgan fingerprint density at radius 2 is 1.93 bits per heavy atom. The van der Waals surface area contributed by atoms with Crippen LogP contribution < -0.4 is 5.63 Å². The molecule has 2 aromatic carbocycles.